The molecule has 0 spiro atoms. The molecule has 0 radical (unpaired) electrons. The molecule has 5 aromatic heterocycles. The summed E-state index contributed by atoms with van der Waals surface area (Å²) < 4.78 is 6.81. The third-order valence-corrected chi connectivity index (χ3v) is 13.6. The number of benzene rings is 4. The van der Waals surface area contributed by atoms with Crippen molar-refractivity contribution in [2.45, 2.75) is 261 Å². The molecule has 0 amide bonds. The largest absolute Gasteiger partial charge is 0.440 e. The fourth-order valence-corrected chi connectivity index (χ4v) is 8.56. The number of nitrogens with one attached hydrogen (secondary N) is 1. The lowest BCUT2D eigenvalue weighted by molar-refractivity contribution is 0.279. The summed E-state index contributed by atoms with van der Waals surface area (Å²) in [7, 11) is 0. The number of hydrogen-bond acceptors (Lipinski definition) is 7. The number of imidazole rings is 1. The summed E-state index contributed by atoms with van der Waals surface area (Å²) in [4.78, 5) is 24.8. The normalized spacial score (nSPS) is 10.8. The molecule has 9 aromatic rings. The maximum Gasteiger partial charge on any atom is 0.198 e. The molecule has 7 nitrogen and oxygen atoms in total. The average Bonchev–Trinajstić information content (AvgIpc) is 4.46. The molecular formula is C78H128N6OS. The van der Waals surface area contributed by atoms with Crippen LogP contribution in [0.25, 0.3) is 32.3 Å². The summed E-state index contributed by atoms with van der Waals surface area (Å²) in [6, 6.07) is 44.8. The highest BCUT2D eigenvalue weighted by Gasteiger charge is 2.16. The molecule has 482 valence electrons. The van der Waals surface area contributed by atoms with Crippen LogP contribution in [0.15, 0.2) is 156 Å². The van der Waals surface area contributed by atoms with Gasteiger partial charge in [-0.3, -0.25) is 9.97 Å². The number of oxazole rings is 1. The van der Waals surface area contributed by atoms with Crippen LogP contribution in [-0.4, -0.2) is 29.9 Å². The second-order valence-electron chi connectivity index (χ2n) is 20.7. The standard InChI is InChI=1S/C10H12N2.C10H11NO.C10H11NS.C9H18.C9H12.2C8H11N.7C2H6/c3*1-7(2)10-11-8-5-3-4-6-9(8)12-10;2*1-8(2)9-6-4-3-5-7-9;1-7(2)8-4-3-5-9-6-8;1-7(2)8-5-3-4-6-9-8;7*1-2/h3-7H,1-2H3,(H,11,12);2*3-7H,1-2H3;8-9H,3-7H2,1-2H3;3-8H,1-2H3;2*3-7H,1-2H3;7*1-2H3. The molecule has 1 N–H and O–H groups in total. The van der Waals surface area contributed by atoms with E-state index in [1.807, 2.05) is 194 Å². The van der Waals surface area contributed by atoms with E-state index in [1.54, 1.807) is 17.5 Å². The Morgan fingerprint density at radius 3 is 1.31 bits per heavy atom. The molecule has 86 heavy (non-hydrogen) atoms. The first-order valence-corrected chi connectivity index (χ1v) is 34.4. The van der Waals surface area contributed by atoms with Crippen LogP contribution in [0.3, 0.4) is 0 Å². The molecule has 0 atom stereocenters. The van der Waals surface area contributed by atoms with Crippen molar-refractivity contribution in [3.63, 3.8) is 0 Å². The third-order valence-electron chi connectivity index (χ3n) is 12.3. The highest BCUT2D eigenvalue weighted by Crippen LogP contribution is 2.29. The van der Waals surface area contributed by atoms with Crippen LogP contribution in [0.2, 0.25) is 0 Å². The van der Waals surface area contributed by atoms with Crippen molar-refractivity contribution in [2.24, 2.45) is 11.8 Å². The van der Waals surface area contributed by atoms with Crippen molar-refractivity contribution in [2.75, 3.05) is 0 Å². The number of fused-ring (bicyclic) bond motifs is 3. The van der Waals surface area contributed by atoms with Gasteiger partial charge >= 0.3 is 0 Å². The first kappa shape index (κ1) is 86.5. The maximum atomic E-state index is 5.52. The second kappa shape index (κ2) is 56.8. The first-order chi connectivity index (χ1) is 41.5. The molecule has 10 rings (SSSR count). The Hall–Kier alpha value is -5.99. The predicted molar refractivity (Wildman–Crippen MR) is 390 cm³/mol. The zero-order chi connectivity index (χ0) is 66.4. The van der Waals surface area contributed by atoms with E-state index in [1.165, 1.54) is 52.9 Å². The van der Waals surface area contributed by atoms with Crippen LogP contribution in [0.5, 0.6) is 0 Å². The third kappa shape index (κ3) is 37.5. The quantitative estimate of drug-likeness (QED) is 0.171. The zero-order valence-electron chi connectivity index (χ0n) is 60.1. The highest BCUT2D eigenvalue weighted by molar-refractivity contribution is 7.18. The Bertz CT molecular complexity index is 2400. The molecule has 0 unspecified atom stereocenters. The monoisotopic (exact) mass is 1200 g/mol. The minimum absolute atomic E-state index is 0.359. The van der Waals surface area contributed by atoms with Crippen molar-refractivity contribution in [3.8, 4) is 0 Å². The summed E-state index contributed by atoms with van der Waals surface area (Å²) >= 11 is 1.79. The van der Waals surface area contributed by atoms with Crippen molar-refractivity contribution in [1.82, 2.24) is 29.9 Å². The molecule has 0 saturated heterocycles. The molecule has 1 saturated carbocycles. The Kier molecular flexibility index (Phi) is 57.1. The van der Waals surface area contributed by atoms with Crippen LogP contribution in [0.1, 0.15) is 295 Å². The van der Waals surface area contributed by atoms with E-state index in [0.29, 0.717) is 35.5 Å². The van der Waals surface area contributed by atoms with Gasteiger partial charge in [0, 0.05) is 42.0 Å². The molecular weight excluding hydrogens is 1070 g/mol. The van der Waals surface area contributed by atoms with Crippen molar-refractivity contribution in [1.29, 1.82) is 0 Å². The van der Waals surface area contributed by atoms with Crippen LogP contribution < -0.4 is 0 Å². The molecule has 5 heterocycles. The van der Waals surface area contributed by atoms with Gasteiger partial charge in [0.1, 0.15) is 11.3 Å². The average molecular weight is 1200 g/mol. The smallest absolute Gasteiger partial charge is 0.198 e. The summed E-state index contributed by atoms with van der Waals surface area (Å²) in [5, 5.41) is 1.23. The number of thiazole rings is 1. The number of rotatable bonds is 7. The molecule has 8 heteroatoms. The molecule has 1 fully saturated rings. The van der Waals surface area contributed by atoms with Crippen molar-refractivity contribution in [3.05, 3.63) is 186 Å². The summed E-state index contributed by atoms with van der Waals surface area (Å²) in [6.45, 7) is 58.5. The molecule has 4 aromatic carbocycles. The predicted octanol–water partition coefficient (Wildman–Crippen LogP) is 26.7. The molecule has 0 bridgehead atoms. The van der Waals surface area contributed by atoms with Gasteiger partial charge in [0.05, 0.1) is 26.3 Å². The molecule has 0 aliphatic heterocycles. The lowest BCUT2D eigenvalue weighted by Gasteiger charge is -2.24. The summed E-state index contributed by atoms with van der Waals surface area (Å²) in [5.74, 6) is 7.05. The van der Waals surface area contributed by atoms with E-state index in [-0.39, 0.29) is 0 Å². The Balaban J connectivity index is -0.000000442. The van der Waals surface area contributed by atoms with Gasteiger partial charge in [-0.15, -0.1) is 11.3 Å². The van der Waals surface area contributed by atoms with Gasteiger partial charge in [0.2, 0.25) is 0 Å². The minimum atomic E-state index is 0.359. The van der Waals surface area contributed by atoms with Gasteiger partial charge in [-0.05, 0) is 95.3 Å². The van der Waals surface area contributed by atoms with Crippen LogP contribution in [0.4, 0.5) is 0 Å². The number of aromatic amines is 1. The Labute approximate surface area is 534 Å². The van der Waals surface area contributed by atoms with Gasteiger partial charge in [-0.2, -0.15) is 0 Å². The van der Waals surface area contributed by atoms with Crippen LogP contribution >= 0.6 is 11.3 Å². The molecule has 1 aliphatic rings. The summed E-state index contributed by atoms with van der Waals surface area (Å²) in [5.41, 5.74) is 9.02. The van der Waals surface area contributed by atoms with E-state index in [0.717, 1.165) is 56.9 Å². The van der Waals surface area contributed by atoms with Crippen molar-refractivity contribution >= 4 is 43.7 Å². The fraction of sp³-hybridized carbons (Fsp3) is 0.526. The van der Waals surface area contributed by atoms with E-state index < -0.39 is 0 Å². The Morgan fingerprint density at radius 1 is 0.419 bits per heavy atom. The van der Waals surface area contributed by atoms with Gasteiger partial charge in [-0.25, -0.2) is 15.0 Å². The number of H-pyrrole nitrogens is 1. The van der Waals surface area contributed by atoms with Gasteiger partial charge < -0.3 is 9.40 Å². The zero-order valence-corrected chi connectivity index (χ0v) is 61.0. The van der Waals surface area contributed by atoms with E-state index >= 15 is 0 Å². The minimum Gasteiger partial charge on any atom is -0.440 e. The van der Waals surface area contributed by atoms with Crippen molar-refractivity contribution < 1.29 is 4.42 Å². The maximum absolute atomic E-state index is 5.52. The summed E-state index contributed by atoms with van der Waals surface area (Å²) in [6.07, 6.45) is 13.0. The number of nitrogens with zero attached hydrogens (tertiary/aromatic N) is 5. The topological polar surface area (TPSA) is 93.4 Å². The lowest BCUT2D eigenvalue weighted by Crippen LogP contribution is -2.12. The van der Waals surface area contributed by atoms with Gasteiger partial charge in [-0.1, -0.05) is 305 Å². The number of pyridine rings is 2. The molecule has 1 aliphatic carbocycles. The second-order valence-corrected chi connectivity index (χ2v) is 21.8. The van der Waals surface area contributed by atoms with E-state index in [4.69, 9.17) is 4.42 Å². The van der Waals surface area contributed by atoms with E-state index in [2.05, 4.69) is 175 Å². The van der Waals surface area contributed by atoms with E-state index in [9.17, 15) is 0 Å². The Morgan fingerprint density at radius 2 is 0.919 bits per heavy atom. The van der Waals surface area contributed by atoms with Gasteiger partial charge in [0.25, 0.3) is 0 Å². The number of hydrogen-bond donors (Lipinski definition) is 1. The SMILES string of the molecule is CC.CC.CC.CC.CC.CC.CC.CC(C)C1CCCCC1.CC(C)c1ccccc1.CC(C)c1ccccn1.CC(C)c1cccnc1.CC(C)c1nc2ccccc2[nH]1.CC(C)c1nc2ccccc2o1.CC(C)c1nc2ccccc2s1. The first-order valence-electron chi connectivity index (χ1n) is 33.5. The van der Waals surface area contributed by atoms with Crippen LogP contribution in [-0.2, 0) is 0 Å². The fourth-order valence-electron chi connectivity index (χ4n) is 7.59. The number of aromatic nitrogens is 6. The van der Waals surface area contributed by atoms with Crippen LogP contribution in [0, 0.1) is 11.8 Å². The van der Waals surface area contributed by atoms with Gasteiger partial charge in [0.15, 0.2) is 11.5 Å². The number of para-hydroxylation sites is 5. The highest BCUT2D eigenvalue weighted by atomic mass is 32.1. The lowest BCUT2D eigenvalue weighted by atomic mass is 9.82.